The lowest BCUT2D eigenvalue weighted by Gasteiger charge is -2.06. The Morgan fingerprint density at radius 3 is 2.75 bits per heavy atom. The smallest absolute Gasteiger partial charge is 0.300 e. The van der Waals surface area contributed by atoms with Crippen LogP contribution in [0.25, 0.3) is 12.2 Å². The van der Waals surface area contributed by atoms with Crippen molar-refractivity contribution in [3.63, 3.8) is 0 Å². The summed E-state index contributed by atoms with van der Waals surface area (Å²) in [5, 5.41) is 11.9. The molecule has 1 aromatic carbocycles. The van der Waals surface area contributed by atoms with Gasteiger partial charge in [0.25, 0.3) is 6.01 Å². The van der Waals surface area contributed by atoms with Crippen molar-refractivity contribution in [2.75, 3.05) is 12.4 Å². The third kappa shape index (κ3) is 2.54. The number of methoxy groups -OCH3 is 1. The predicted molar refractivity (Wildman–Crippen MR) is 77.7 cm³/mol. The molecule has 1 N–H and O–H groups in total. The molecule has 0 saturated carbocycles. The molecule has 0 aliphatic carbocycles. The second kappa shape index (κ2) is 5.76. The maximum atomic E-state index is 8.93. The Bertz CT molecular complexity index is 670. The van der Waals surface area contributed by atoms with Gasteiger partial charge in [-0.2, -0.15) is 10.2 Å². The van der Waals surface area contributed by atoms with Gasteiger partial charge in [-0.05, 0) is 24.3 Å². The number of aromatic nitrogens is 1. The van der Waals surface area contributed by atoms with Gasteiger partial charge in [-0.1, -0.05) is 13.2 Å². The van der Waals surface area contributed by atoms with E-state index in [1.54, 1.807) is 30.4 Å². The fraction of sp³-hybridized carbons (Fsp3) is 0.0667. The normalized spacial score (nSPS) is 9.60. The van der Waals surface area contributed by atoms with E-state index in [1.807, 2.05) is 0 Å². The maximum absolute atomic E-state index is 8.93. The first-order valence-corrected chi connectivity index (χ1v) is 5.82. The summed E-state index contributed by atoms with van der Waals surface area (Å²) in [5.74, 6) is 1.03. The van der Waals surface area contributed by atoms with Crippen molar-refractivity contribution < 1.29 is 9.15 Å². The van der Waals surface area contributed by atoms with Crippen LogP contribution in [0, 0.1) is 11.3 Å². The predicted octanol–water partition coefficient (Wildman–Crippen LogP) is 3.58. The van der Waals surface area contributed by atoms with Gasteiger partial charge >= 0.3 is 0 Å². The number of nitriles is 1. The number of hydrogen-bond donors (Lipinski definition) is 1. The van der Waals surface area contributed by atoms with Gasteiger partial charge < -0.3 is 14.5 Å². The Labute approximate surface area is 116 Å². The summed E-state index contributed by atoms with van der Waals surface area (Å²) >= 11 is 0. The highest BCUT2D eigenvalue weighted by Crippen LogP contribution is 2.26. The molecule has 0 atom stereocenters. The summed E-state index contributed by atoms with van der Waals surface area (Å²) in [6.45, 7) is 7.30. The Morgan fingerprint density at radius 2 is 2.20 bits per heavy atom. The van der Waals surface area contributed by atoms with E-state index in [0.717, 1.165) is 0 Å². The van der Waals surface area contributed by atoms with Crippen LogP contribution in [-0.2, 0) is 0 Å². The lowest BCUT2D eigenvalue weighted by atomic mass is 10.2. The summed E-state index contributed by atoms with van der Waals surface area (Å²) in [5.41, 5.74) is 1.78. The highest BCUT2D eigenvalue weighted by Gasteiger charge is 2.09. The Kier molecular flexibility index (Phi) is 3.87. The first-order chi connectivity index (χ1) is 9.71. The van der Waals surface area contributed by atoms with E-state index in [0.29, 0.717) is 34.5 Å². The number of hydrogen-bond acceptors (Lipinski definition) is 5. The molecular weight excluding hydrogens is 254 g/mol. The molecule has 0 aliphatic rings. The van der Waals surface area contributed by atoms with Crippen LogP contribution < -0.4 is 10.1 Å². The number of benzene rings is 1. The monoisotopic (exact) mass is 267 g/mol. The molecule has 0 bridgehead atoms. The Hall–Kier alpha value is -3.00. The van der Waals surface area contributed by atoms with Gasteiger partial charge in [0.05, 0.1) is 12.7 Å². The van der Waals surface area contributed by atoms with Crippen LogP contribution in [0.5, 0.6) is 5.75 Å². The molecule has 0 fully saturated rings. The molecule has 0 saturated heterocycles. The van der Waals surface area contributed by atoms with Gasteiger partial charge in [-0.15, -0.1) is 0 Å². The van der Waals surface area contributed by atoms with Crippen LogP contribution in [0.4, 0.5) is 11.7 Å². The van der Waals surface area contributed by atoms with Crippen LogP contribution in [0.2, 0.25) is 0 Å². The number of nitrogens with one attached hydrogen (secondary N) is 1. The van der Waals surface area contributed by atoms with E-state index in [2.05, 4.69) is 29.5 Å². The van der Waals surface area contributed by atoms with Gasteiger partial charge in [0.2, 0.25) is 0 Å². The molecule has 0 aliphatic heterocycles. The fourth-order valence-corrected chi connectivity index (χ4v) is 1.67. The highest BCUT2D eigenvalue weighted by atomic mass is 16.5. The number of anilines is 2. The summed E-state index contributed by atoms with van der Waals surface area (Å²) in [7, 11) is 1.51. The number of rotatable bonds is 5. The fourth-order valence-electron chi connectivity index (χ4n) is 1.67. The summed E-state index contributed by atoms with van der Waals surface area (Å²) < 4.78 is 10.6. The SMILES string of the molecule is C=Cc1nc(Nc2ccc(C#N)c(OC)c2)oc1C=C. The quantitative estimate of drug-likeness (QED) is 0.896. The molecule has 1 aromatic heterocycles. The van der Waals surface area contributed by atoms with Crippen molar-refractivity contribution in [3.05, 3.63) is 48.4 Å². The van der Waals surface area contributed by atoms with E-state index in [9.17, 15) is 0 Å². The van der Waals surface area contributed by atoms with Crippen LogP contribution >= 0.6 is 0 Å². The second-order valence-electron chi connectivity index (χ2n) is 3.83. The Morgan fingerprint density at radius 1 is 1.40 bits per heavy atom. The number of ether oxygens (including phenoxy) is 1. The summed E-state index contributed by atoms with van der Waals surface area (Å²) in [6, 6.07) is 7.47. The third-order valence-corrected chi connectivity index (χ3v) is 2.63. The lowest BCUT2D eigenvalue weighted by molar-refractivity contribution is 0.413. The minimum absolute atomic E-state index is 0.321. The average molecular weight is 267 g/mol. The lowest BCUT2D eigenvalue weighted by Crippen LogP contribution is -1.93. The minimum Gasteiger partial charge on any atom is -0.495 e. The van der Waals surface area contributed by atoms with Crippen molar-refractivity contribution in [1.29, 1.82) is 5.26 Å². The first kappa shape index (κ1) is 13.4. The summed E-state index contributed by atoms with van der Waals surface area (Å²) in [6.07, 6.45) is 3.15. The minimum atomic E-state index is 0.321. The molecule has 0 amide bonds. The van der Waals surface area contributed by atoms with Crippen molar-refractivity contribution in [1.82, 2.24) is 4.98 Å². The molecular formula is C15H13N3O2. The molecule has 20 heavy (non-hydrogen) atoms. The van der Waals surface area contributed by atoms with E-state index >= 15 is 0 Å². The van der Waals surface area contributed by atoms with Gasteiger partial charge in [0.1, 0.15) is 17.5 Å². The van der Waals surface area contributed by atoms with Crippen molar-refractivity contribution >= 4 is 23.9 Å². The van der Waals surface area contributed by atoms with Crippen LogP contribution in [0.15, 0.2) is 35.8 Å². The molecule has 2 rings (SSSR count). The van der Waals surface area contributed by atoms with Crippen LogP contribution in [-0.4, -0.2) is 12.1 Å². The molecule has 5 heteroatoms. The molecule has 5 nitrogen and oxygen atoms in total. The van der Waals surface area contributed by atoms with E-state index < -0.39 is 0 Å². The maximum Gasteiger partial charge on any atom is 0.300 e. The molecule has 100 valence electrons. The van der Waals surface area contributed by atoms with Gasteiger partial charge in [0.15, 0.2) is 5.76 Å². The number of nitrogens with zero attached hydrogens (tertiary/aromatic N) is 2. The van der Waals surface area contributed by atoms with E-state index in [-0.39, 0.29) is 0 Å². The highest BCUT2D eigenvalue weighted by molar-refractivity contribution is 5.63. The average Bonchev–Trinajstić information content (AvgIpc) is 2.89. The zero-order valence-electron chi connectivity index (χ0n) is 11.0. The first-order valence-electron chi connectivity index (χ1n) is 5.82. The van der Waals surface area contributed by atoms with Crippen molar-refractivity contribution in [2.24, 2.45) is 0 Å². The van der Waals surface area contributed by atoms with Crippen molar-refractivity contribution in [2.45, 2.75) is 0 Å². The zero-order chi connectivity index (χ0) is 14.5. The largest absolute Gasteiger partial charge is 0.495 e. The standard InChI is InChI=1S/C15H13N3O2/c1-4-12-13(5-2)20-15(18-12)17-11-7-6-10(9-16)14(8-11)19-3/h4-8H,1-2H2,3H3,(H,17,18). The van der Waals surface area contributed by atoms with Crippen LogP contribution in [0.1, 0.15) is 17.0 Å². The van der Waals surface area contributed by atoms with Gasteiger partial charge in [-0.25, -0.2) is 0 Å². The van der Waals surface area contributed by atoms with E-state index in [4.69, 9.17) is 14.4 Å². The molecule has 1 heterocycles. The van der Waals surface area contributed by atoms with Gasteiger partial charge in [-0.3, -0.25) is 0 Å². The van der Waals surface area contributed by atoms with Gasteiger partial charge in [0, 0.05) is 11.8 Å². The van der Waals surface area contributed by atoms with E-state index in [1.165, 1.54) is 7.11 Å². The molecule has 0 spiro atoms. The van der Waals surface area contributed by atoms with Crippen molar-refractivity contribution in [3.8, 4) is 11.8 Å². The molecule has 0 unspecified atom stereocenters. The summed E-state index contributed by atoms with van der Waals surface area (Å²) in [4.78, 5) is 4.22. The van der Waals surface area contributed by atoms with Crippen LogP contribution in [0.3, 0.4) is 0 Å². The topological polar surface area (TPSA) is 71.1 Å². The molecule has 2 aromatic rings. The number of oxazole rings is 1. The third-order valence-electron chi connectivity index (χ3n) is 2.63. The molecule has 0 radical (unpaired) electrons. The second-order valence-corrected chi connectivity index (χ2v) is 3.83. The zero-order valence-corrected chi connectivity index (χ0v) is 11.0. The Balaban J connectivity index is 2.30.